The van der Waals surface area contributed by atoms with Crippen molar-refractivity contribution >= 4 is 11.8 Å². The van der Waals surface area contributed by atoms with Gasteiger partial charge in [-0.25, -0.2) is 4.68 Å². The number of carbonyl (C=O) groups excluding carboxylic acids is 2. The monoisotopic (exact) mass is 442 g/mol. The molecule has 1 fully saturated rings. The van der Waals surface area contributed by atoms with Crippen LogP contribution in [0.2, 0.25) is 0 Å². The summed E-state index contributed by atoms with van der Waals surface area (Å²) in [6, 6.07) is 16.5. The zero-order chi connectivity index (χ0) is 22.7. The highest BCUT2D eigenvalue weighted by molar-refractivity contribution is 5.96. The molecule has 0 atom stereocenters. The lowest BCUT2D eigenvalue weighted by Gasteiger charge is -2.32. The van der Waals surface area contributed by atoms with E-state index in [0.29, 0.717) is 18.4 Å². The van der Waals surface area contributed by atoms with Crippen LogP contribution in [0, 0.1) is 0 Å². The summed E-state index contributed by atoms with van der Waals surface area (Å²) in [5.74, 6) is -0.925. The number of aromatic nitrogens is 2. The van der Waals surface area contributed by atoms with E-state index in [4.69, 9.17) is 0 Å². The van der Waals surface area contributed by atoms with Crippen LogP contribution in [0.5, 0.6) is 0 Å². The number of alkyl halides is 3. The van der Waals surface area contributed by atoms with Crippen molar-refractivity contribution in [2.45, 2.75) is 25.1 Å². The molecule has 0 bridgehead atoms. The number of benzene rings is 2. The first-order valence-corrected chi connectivity index (χ1v) is 10.2. The van der Waals surface area contributed by atoms with Crippen LogP contribution in [0.1, 0.15) is 39.3 Å². The topological polar surface area (TPSA) is 67.2 Å². The van der Waals surface area contributed by atoms with E-state index in [-0.39, 0.29) is 30.7 Å². The minimum atomic E-state index is -4.75. The average molecular weight is 442 g/mol. The summed E-state index contributed by atoms with van der Waals surface area (Å²) in [6.45, 7) is 0.485. The van der Waals surface area contributed by atoms with Gasteiger partial charge in [0, 0.05) is 24.7 Å². The highest BCUT2D eigenvalue weighted by atomic mass is 19.4. The molecule has 1 aliphatic heterocycles. The molecule has 4 rings (SSSR count). The van der Waals surface area contributed by atoms with Gasteiger partial charge in [-0.1, -0.05) is 36.4 Å². The minimum absolute atomic E-state index is 0.152. The molecule has 2 aromatic carbocycles. The lowest BCUT2D eigenvalue weighted by molar-refractivity contribution is -0.143. The molecule has 2 amide bonds. The Kier molecular flexibility index (Phi) is 5.98. The molecule has 0 spiro atoms. The second-order valence-corrected chi connectivity index (χ2v) is 7.56. The first kappa shape index (κ1) is 21.6. The van der Waals surface area contributed by atoms with Crippen molar-refractivity contribution in [1.29, 1.82) is 0 Å². The normalized spacial score (nSPS) is 14.9. The molecule has 2 heterocycles. The minimum Gasteiger partial charge on any atom is -0.349 e. The van der Waals surface area contributed by atoms with Crippen LogP contribution in [-0.4, -0.2) is 45.6 Å². The van der Waals surface area contributed by atoms with Gasteiger partial charge in [-0.3, -0.25) is 9.59 Å². The number of nitrogens with one attached hydrogen (secondary N) is 1. The molecule has 1 aromatic heterocycles. The van der Waals surface area contributed by atoms with E-state index in [1.54, 1.807) is 42.5 Å². The quantitative estimate of drug-likeness (QED) is 0.666. The molecule has 3 aromatic rings. The van der Waals surface area contributed by atoms with Crippen molar-refractivity contribution in [3.63, 3.8) is 0 Å². The number of halogens is 3. The number of nitrogens with zero attached hydrogens (tertiary/aromatic N) is 3. The Labute approximate surface area is 182 Å². The van der Waals surface area contributed by atoms with Crippen molar-refractivity contribution in [1.82, 2.24) is 20.0 Å². The molecule has 0 saturated carbocycles. The van der Waals surface area contributed by atoms with Gasteiger partial charge >= 0.3 is 6.18 Å². The van der Waals surface area contributed by atoms with E-state index < -0.39 is 23.3 Å². The van der Waals surface area contributed by atoms with Crippen molar-refractivity contribution in [3.8, 4) is 5.69 Å². The molecular formula is C23H21F3N4O2. The van der Waals surface area contributed by atoms with Gasteiger partial charge in [-0.2, -0.15) is 18.3 Å². The summed E-state index contributed by atoms with van der Waals surface area (Å²) in [5, 5.41) is 6.77. The molecule has 1 aliphatic rings. The van der Waals surface area contributed by atoms with Crippen molar-refractivity contribution < 1.29 is 22.8 Å². The Hall–Kier alpha value is -3.62. The van der Waals surface area contributed by atoms with E-state index in [2.05, 4.69) is 10.4 Å². The van der Waals surface area contributed by atoms with E-state index in [0.717, 1.165) is 10.9 Å². The molecule has 166 valence electrons. The number of amides is 2. The maximum absolute atomic E-state index is 13.8. The van der Waals surface area contributed by atoms with Gasteiger partial charge in [0.25, 0.3) is 11.8 Å². The summed E-state index contributed by atoms with van der Waals surface area (Å²) < 4.78 is 42.3. The third kappa shape index (κ3) is 4.51. The van der Waals surface area contributed by atoms with Crippen LogP contribution in [-0.2, 0) is 6.18 Å². The second kappa shape index (κ2) is 8.86. The lowest BCUT2D eigenvalue weighted by atomic mass is 10.0. The van der Waals surface area contributed by atoms with E-state index >= 15 is 0 Å². The predicted octanol–water partition coefficient (Wildman–Crippen LogP) is 3.93. The smallest absolute Gasteiger partial charge is 0.349 e. The van der Waals surface area contributed by atoms with E-state index in [1.807, 2.05) is 6.07 Å². The lowest BCUT2D eigenvalue weighted by Crippen LogP contribution is -2.46. The maximum atomic E-state index is 13.8. The van der Waals surface area contributed by atoms with Crippen LogP contribution in [0.25, 0.3) is 5.69 Å². The Bertz CT molecular complexity index is 1090. The number of piperidine rings is 1. The molecule has 6 nitrogen and oxygen atoms in total. The van der Waals surface area contributed by atoms with Crippen molar-refractivity contribution in [3.05, 3.63) is 83.7 Å². The summed E-state index contributed by atoms with van der Waals surface area (Å²) in [5.41, 5.74) is -0.809. The predicted molar refractivity (Wildman–Crippen MR) is 111 cm³/mol. The number of likely N-dealkylation sites (tertiary alicyclic amines) is 1. The van der Waals surface area contributed by atoms with Gasteiger partial charge in [0.15, 0.2) is 5.69 Å². The molecule has 0 unspecified atom stereocenters. The Morgan fingerprint density at radius 2 is 1.53 bits per heavy atom. The zero-order valence-corrected chi connectivity index (χ0v) is 17.0. The third-order valence-electron chi connectivity index (χ3n) is 5.42. The zero-order valence-electron chi connectivity index (χ0n) is 17.0. The standard InChI is InChI=1S/C23H21F3N4O2/c24-23(25,26)20-19(15-27-30(20)18-9-5-2-6-10-18)22(32)29-13-11-17(12-14-29)28-21(31)16-7-3-1-4-8-16/h1-10,15,17H,11-14H2,(H,28,31). The fourth-order valence-electron chi connectivity index (χ4n) is 3.80. The van der Waals surface area contributed by atoms with Gasteiger partial charge in [0.05, 0.1) is 17.4 Å². The van der Waals surface area contributed by atoms with Gasteiger partial charge in [0.1, 0.15) is 0 Å². The van der Waals surface area contributed by atoms with E-state index in [9.17, 15) is 22.8 Å². The summed E-state index contributed by atoms with van der Waals surface area (Å²) in [6.07, 6.45) is -2.86. The summed E-state index contributed by atoms with van der Waals surface area (Å²) in [4.78, 5) is 26.6. The Morgan fingerprint density at radius 1 is 0.938 bits per heavy atom. The second-order valence-electron chi connectivity index (χ2n) is 7.56. The highest BCUT2D eigenvalue weighted by Gasteiger charge is 2.41. The van der Waals surface area contributed by atoms with Gasteiger partial charge in [-0.15, -0.1) is 0 Å². The number of hydrogen-bond donors (Lipinski definition) is 1. The fraction of sp³-hybridized carbons (Fsp3) is 0.261. The fourth-order valence-corrected chi connectivity index (χ4v) is 3.80. The Morgan fingerprint density at radius 3 is 2.12 bits per heavy atom. The average Bonchev–Trinajstić information content (AvgIpc) is 3.26. The number of para-hydroxylation sites is 1. The molecule has 1 saturated heterocycles. The van der Waals surface area contributed by atoms with Gasteiger partial charge < -0.3 is 10.2 Å². The van der Waals surface area contributed by atoms with Gasteiger partial charge in [0.2, 0.25) is 0 Å². The summed E-state index contributed by atoms with van der Waals surface area (Å²) >= 11 is 0. The molecule has 1 N–H and O–H groups in total. The molecule has 0 radical (unpaired) electrons. The summed E-state index contributed by atoms with van der Waals surface area (Å²) in [7, 11) is 0. The Balaban J connectivity index is 1.47. The third-order valence-corrected chi connectivity index (χ3v) is 5.42. The van der Waals surface area contributed by atoms with Crippen LogP contribution in [0.15, 0.2) is 66.9 Å². The van der Waals surface area contributed by atoms with Crippen LogP contribution in [0.4, 0.5) is 13.2 Å². The van der Waals surface area contributed by atoms with E-state index in [1.165, 1.54) is 17.0 Å². The van der Waals surface area contributed by atoms with Crippen LogP contribution in [0.3, 0.4) is 0 Å². The molecule has 0 aliphatic carbocycles. The molecular weight excluding hydrogens is 421 g/mol. The number of rotatable bonds is 4. The van der Waals surface area contributed by atoms with Crippen molar-refractivity contribution in [2.75, 3.05) is 13.1 Å². The van der Waals surface area contributed by atoms with Crippen LogP contribution < -0.4 is 5.32 Å². The number of hydrogen-bond acceptors (Lipinski definition) is 3. The first-order chi connectivity index (χ1) is 15.3. The van der Waals surface area contributed by atoms with Crippen LogP contribution >= 0.6 is 0 Å². The maximum Gasteiger partial charge on any atom is 0.434 e. The highest BCUT2D eigenvalue weighted by Crippen LogP contribution is 2.34. The molecule has 32 heavy (non-hydrogen) atoms. The SMILES string of the molecule is O=C(NC1CCN(C(=O)c2cnn(-c3ccccc3)c2C(F)(F)F)CC1)c1ccccc1. The first-order valence-electron chi connectivity index (χ1n) is 10.2. The van der Waals surface area contributed by atoms with Crippen molar-refractivity contribution in [2.24, 2.45) is 0 Å². The molecule has 9 heteroatoms. The number of carbonyl (C=O) groups is 2. The largest absolute Gasteiger partial charge is 0.434 e. The van der Waals surface area contributed by atoms with Gasteiger partial charge in [-0.05, 0) is 37.1 Å².